The van der Waals surface area contributed by atoms with Crippen LogP contribution in [-0.2, 0) is 17.9 Å². The molecule has 0 aliphatic carbocycles. The highest BCUT2D eigenvalue weighted by Gasteiger charge is 2.24. The zero-order valence-electron chi connectivity index (χ0n) is 23.9. The second-order valence-electron chi connectivity index (χ2n) is 11.0. The predicted molar refractivity (Wildman–Crippen MR) is 167 cm³/mol. The van der Waals surface area contributed by atoms with E-state index in [1.165, 1.54) is 18.5 Å². The molecule has 3 heterocycles. The minimum atomic E-state index is -0.310. The molecule has 0 radical (unpaired) electrons. The van der Waals surface area contributed by atoms with Crippen molar-refractivity contribution in [3.63, 3.8) is 0 Å². The summed E-state index contributed by atoms with van der Waals surface area (Å²) < 4.78 is 21.2. The molecule has 1 unspecified atom stereocenters. The zero-order chi connectivity index (χ0) is 29.9. The first-order chi connectivity index (χ1) is 20.8. The Bertz CT molecular complexity index is 1770. The Kier molecular flexibility index (Phi) is 8.26. The molecule has 6 rings (SSSR count). The fourth-order valence-electron chi connectivity index (χ4n) is 5.45. The van der Waals surface area contributed by atoms with Gasteiger partial charge in [0, 0.05) is 48.6 Å². The third-order valence-corrected chi connectivity index (χ3v) is 7.72. The van der Waals surface area contributed by atoms with Gasteiger partial charge in [-0.2, -0.15) is 0 Å². The van der Waals surface area contributed by atoms with Gasteiger partial charge < -0.3 is 24.8 Å². The topological polar surface area (TPSA) is 84.3 Å². The van der Waals surface area contributed by atoms with Crippen LogP contribution in [0.2, 0.25) is 5.02 Å². The summed E-state index contributed by atoms with van der Waals surface area (Å²) in [5.74, 6) is 0.933. The van der Waals surface area contributed by atoms with Crippen LogP contribution in [0.25, 0.3) is 22.0 Å². The van der Waals surface area contributed by atoms with Gasteiger partial charge in [-0.15, -0.1) is 0 Å². The molecule has 3 aromatic carbocycles. The number of hydrogen-bond donors (Lipinski definition) is 2. The number of carbonyl (C=O) groups is 1. The average molecular weight is 599 g/mol. The lowest BCUT2D eigenvalue weighted by molar-refractivity contribution is -0.133. The monoisotopic (exact) mass is 598 g/mol. The number of halogens is 2. The number of piperazine rings is 1. The van der Waals surface area contributed by atoms with Crippen molar-refractivity contribution in [3.05, 3.63) is 102 Å². The van der Waals surface area contributed by atoms with Crippen LogP contribution in [0.1, 0.15) is 19.4 Å². The molecule has 1 aliphatic heterocycles. The number of benzene rings is 3. The van der Waals surface area contributed by atoms with Crippen LogP contribution in [-0.4, -0.2) is 50.5 Å². The third kappa shape index (κ3) is 6.79. The number of amides is 1. The van der Waals surface area contributed by atoms with E-state index >= 15 is 0 Å². The minimum Gasteiger partial charge on any atom is -0.487 e. The van der Waals surface area contributed by atoms with E-state index in [2.05, 4.69) is 34.4 Å². The van der Waals surface area contributed by atoms with Crippen LogP contribution >= 0.6 is 11.6 Å². The summed E-state index contributed by atoms with van der Waals surface area (Å²) in [6.07, 6.45) is 5.45. The van der Waals surface area contributed by atoms with Crippen molar-refractivity contribution >= 4 is 39.9 Å². The highest BCUT2D eigenvalue weighted by atomic mass is 35.5. The van der Waals surface area contributed by atoms with Crippen LogP contribution in [0, 0.1) is 5.82 Å². The zero-order valence-corrected chi connectivity index (χ0v) is 24.7. The largest absolute Gasteiger partial charge is 0.487 e. The van der Waals surface area contributed by atoms with Gasteiger partial charge in [-0.05, 0) is 79.1 Å². The van der Waals surface area contributed by atoms with Crippen molar-refractivity contribution in [1.82, 2.24) is 24.8 Å². The van der Waals surface area contributed by atoms with Gasteiger partial charge in [-0.25, -0.2) is 14.4 Å². The van der Waals surface area contributed by atoms with E-state index in [-0.39, 0.29) is 30.4 Å². The highest BCUT2D eigenvalue weighted by molar-refractivity contribution is 6.32. The standard InChI is InChI=1S/C33H32ClFN6O2/c1-21-15-41(16-22(2)38-21)32(42)18-40-11-10-25(17-40)24-6-8-30-28(13-24)33(37-20-36-30)39-27-7-9-31(29(34)14-27)43-19-23-4-3-5-26(35)12-23/h3-14,17,20-22,38H,15-16,18-19H2,1-2H3,(H,36,37,39)/t21-,22?/m1/s1. The van der Waals surface area contributed by atoms with Crippen molar-refractivity contribution in [2.75, 3.05) is 18.4 Å². The molecule has 1 aliphatic rings. The average Bonchev–Trinajstić information content (AvgIpc) is 3.45. The molecular weight excluding hydrogens is 567 g/mol. The molecule has 0 spiro atoms. The second-order valence-corrected chi connectivity index (χ2v) is 11.4. The van der Waals surface area contributed by atoms with Gasteiger partial charge in [0.1, 0.15) is 36.9 Å². The Balaban J connectivity index is 1.16. The minimum absolute atomic E-state index is 0.116. The van der Waals surface area contributed by atoms with Crippen LogP contribution in [0.4, 0.5) is 15.9 Å². The van der Waals surface area contributed by atoms with Gasteiger partial charge in [-0.3, -0.25) is 4.79 Å². The van der Waals surface area contributed by atoms with Crippen LogP contribution in [0.15, 0.2) is 85.5 Å². The van der Waals surface area contributed by atoms with E-state index in [1.807, 2.05) is 52.2 Å². The van der Waals surface area contributed by atoms with Gasteiger partial charge in [0.05, 0.1) is 10.5 Å². The maximum Gasteiger partial charge on any atom is 0.242 e. The molecule has 220 valence electrons. The van der Waals surface area contributed by atoms with E-state index in [4.69, 9.17) is 16.3 Å². The molecule has 0 bridgehead atoms. The molecule has 10 heteroatoms. The SMILES string of the molecule is CC1CN(C(=O)Cn2ccc(-c3ccc4ncnc(Nc5ccc(OCc6cccc(F)c6)c(Cl)c5)c4c3)c2)C[C@@H](C)N1. The van der Waals surface area contributed by atoms with E-state index < -0.39 is 0 Å². The lowest BCUT2D eigenvalue weighted by atomic mass is 10.1. The van der Waals surface area contributed by atoms with Gasteiger partial charge in [-0.1, -0.05) is 29.8 Å². The Labute approximate surface area is 254 Å². The molecule has 0 saturated carbocycles. The molecule has 1 saturated heterocycles. The van der Waals surface area contributed by atoms with Gasteiger partial charge >= 0.3 is 0 Å². The number of aromatic nitrogens is 3. The van der Waals surface area contributed by atoms with Crippen molar-refractivity contribution in [3.8, 4) is 16.9 Å². The summed E-state index contributed by atoms with van der Waals surface area (Å²) in [6.45, 7) is 6.14. The van der Waals surface area contributed by atoms with Crippen molar-refractivity contribution in [1.29, 1.82) is 0 Å². The second kappa shape index (κ2) is 12.4. The molecule has 43 heavy (non-hydrogen) atoms. The fourth-order valence-corrected chi connectivity index (χ4v) is 5.69. The van der Waals surface area contributed by atoms with Crippen molar-refractivity contribution in [2.24, 2.45) is 0 Å². The van der Waals surface area contributed by atoms with Crippen LogP contribution in [0.5, 0.6) is 5.75 Å². The van der Waals surface area contributed by atoms with Crippen LogP contribution < -0.4 is 15.4 Å². The first-order valence-electron chi connectivity index (χ1n) is 14.2. The molecule has 1 fully saturated rings. The molecule has 8 nitrogen and oxygen atoms in total. The van der Waals surface area contributed by atoms with E-state index in [0.717, 1.165) is 27.7 Å². The first kappa shape index (κ1) is 28.6. The fraction of sp³-hybridized carbons (Fsp3) is 0.242. The maximum atomic E-state index is 13.5. The lowest BCUT2D eigenvalue weighted by Gasteiger charge is -2.36. The van der Waals surface area contributed by atoms with Crippen molar-refractivity contribution in [2.45, 2.75) is 39.1 Å². The van der Waals surface area contributed by atoms with E-state index in [9.17, 15) is 9.18 Å². The number of hydrogen-bond acceptors (Lipinski definition) is 6. The smallest absolute Gasteiger partial charge is 0.242 e. The molecular formula is C33H32ClFN6O2. The number of fused-ring (bicyclic) bond motifs is 1. The van der Waals surface area contributed by atoms with E-state index in [1.54, 1.807) is 24.3 Å². The third-order valence-electron chi connectivity index (χ3n) is 7.43. The summed E-state index contributed by atoms with van der Waals surface area (Å²) in [6, 6.07) is 20.2. The quantitative estimate of drug-likeness (QED) is 0.214. The normalized spacial score (nSPS) is 16.8. The number of nitrogens with one attached hydrogen (secondary N) is 2. The number of carbonyl (C=O) groups excluding carboxylic acids is 1. The molecule has 2 atom stereocenters. The molecule has 5 aromatic rings. The molecule has 2 N–H and O–H groups in total. The highest BCUT2D eigenvalue weighted by Crippen LogP contribution is 2.32. The lowest BCUT2D eigenvalue weighted by Crippen LogP contribution is -2.56. The number of anilines is 2. The number of rotatable bonds is 8. The molecule has 2 aromatic heterocycles. The molecule has 1 amide bonds. The Morgan fingerprint density at radius 3 is 2.67 bits per heavy atom. The number of nitrogens with zero attached hydrogens (tertiary/aromatic N) is 4. The Morgan fingerprint density at radius 2 is 1.88 bits per heavy atom. The summed E-state index contributed by atoms with van der Waals surface area (Å²) >= 11 is 6.51. The van der Waals surface area contributed by atoms with Crippen LogP contribution in [0.3, 0.4) is 0 Å². The summed E-state index contributed by atoms with van der Waals surface area (Å²) in [5.41, 5.74) is 4.22. The van der Waals surface area contributed by atoms with Gasteiger partial charge in [0.15, 0.2) is 0 Å². The maximum absolute atomic E-state index is 13.5. The van der Waals surface area contributed by atoms with Crippen molar-refractivity contribution < 1.29 is 13.9 Å². The summed E-state index contributed by atoms with van der Waals surface area (Å²) in [4.78, 5) is 23.8. The number of ether oxygens (including phenoxy) is 1. The van der Waals surface area contributed by atoms with Gasteiger partial charge in [0.25, 0.3) is 0 Å². The predicted octanol–water partition coefficient (Wildman–Crippen LogP) is 6.42. The summed E-state index contributed by atoms with van der Waals surface area (Å²) in [7, 11) is 0. The van der Waals surface area contributed by atoms with E-state index in [0.29, 0.717) is 41.8 Å². The Hall–Kier alpha value is -4.47. The Morgan fingerprint density at radius 1 is 1.05 bits per heavy atom. The van der Waals surface area contributed by atoms with Gasteiger partial charge in [0.2, 0.25) is 5.91 Å². The first-order valence-corrected chi connectivity index (χ1v) is 14.6. The summed E-state index contributed by atoms with van der Waals surface area (Å²) in [5, 5.41) is 8.08.